The summed E-state index contributed by atoms with van der Waals surface area (Å²) >= 11 is 3.36. The highest BCUT2D eigenvalue weighted by Crippen LogP contribution is 2.15. The molecule has 0 aromatic carbocycles. The number of carboxylic acid groups (broad SMARTS) is 1. The van der Waals surface area contributed by atoms with Crippen LogP contribution in [-0.2, 0) is 11.2 Å². The maximum atomic E-state index is 10.4. The lowest BCUT2D eigenvalue weighted by Crippen LogP contribution is -1.98. The normalized spacial score (nSPS) is 10.7. The SMILES string of the molecule is O=C(O)CCc1ncn2cc(Br)ccc12. The molecule has 4 nitrogen and oxygen atoms in total. The van der Waals surface area contributed by atoms with E-state index in [0.717, 1.165) is 15.7 Å². The molecule has 0 radical (unpaired) electrons. The van der Waals surface area contributed by atoms with Gasteiger partial charge in [-0.15, -0.1) is 0 Å². The smallest absolute Gasteiger partial charge is 0.303 e. The Hall–Kier alpha value is -1.36. The average molecular weight is 269 g/mol. The molecule has 0 amide bonds. The van der Waals surface area contributed by atoms with Gasteiger partial charge < -0.3 is 9.51 Å². The van der Waals surface area contributed by atoms with E-state index >= 15 is 0 Å². The monoisotopic (exact) mass is 268 g/mol. The Morgan fingerprint density at radius 3 is 3.07 bits per heavy atom. The van der Waals surface area contributed by atoms with E-state index in [1.165, 1.54) is 0 Å². The molecular weight excluding hydrogens is 260 g/mol. The zero-order valence-corrected chi connectivity index (χ0v) is 9.44. The number of aryl methyl sites for hydroxylation is 1. The number of hydrogen-bond donors (Lipinski definition) is 1. The number of hydrogen-bond acceptors (Lipinski definition) is 2. The van der Waals surface area contributed by atoms with Crippen LogP contribution in [0.2, 0.25) is 0 Å². The van der Waals surface area contributed by atoms with Crippen molar-refractivity contribution in [1.82, 2.24) is 9.38 Å². The highest BCUT2D eigenvalue weighted by Gasteiger charge is 2.06. The highest BCUT2D eigenvalue weighted by molar-refractivity contribution is 9.10. The Balaban J connectivity index is 2.32. The van der Waals surface area contributed by atoms with E-state index < -0.39 is 5.97 Å². The van der Waals surface area contributed by atoms with Crippen molar-refractivity contribution in [3.05, 3.63) is 34.8 Å². The van der Waals surface area contributed by atoms with Gasteiger partial charge in [-0.1, -0.05) is 0 Å². The van der Waals surface area contributed by atoms with Crippen molar-refractivity contribution in [3.8, 4) is 0 Å². The Kier molecular flexibility index (Phi) is 2.73. The van der Waals surface area contributed by atoms with E-state index in [1.807, 2.05) is 22.7 Å². The van der Waals surface area contributed by atoms with Crippen LogP contribution >= 0.6 is 15.9 Å². The van der Waals surface area contributed by atoms with E-state index in [1.54, 1.807) is 6.33 Å². The minimum absolute atomic E-state index is 0.114. The number of carboxylic acids is 1. The van der Waals surface area contributed by atoms with Crippen LogP contribution in [0, 0.1) is 0 Å². The molecule has 0 unspecified atom stereocenters. The van der Waals surface area contributed by atoms with Gasteiger partial charge in [0.2, 0.25) is 0 Å². The fourth-order valence-electron chi connectivity index (χ4n) is 1.45. The fraction of sp³-hybridized carbons (Fsp3) is 0.200. The molecule has 2 heterocycles. The van der Waals surface area contributed by atoms with Gasteiger partial charge in [0.1, 0.15) is 0 Å². The van der Waals surface area contributed by atoms with Crippen LogP contribution in [0.4, 0.5) is 0 Å². The Morgan fingerprint density at radius 2 is 2.33 bits per heavy atom. The quantitative estimate of drug-likeness (QED) is 0.928. The van der Waals surface area contributed by atoms with Crippen LogP contribution < -0.4 is 0 Å². The summed E-state index contributed by atoms with van der Waals surface area (Å²) in [6.07, 6.45) is 4.17. The lowest BCUT2D eigenvalue weighted by molar-refractivity contribution is -0.136. The minimum atomic E-state index is -0.798. The summed E-state index contributed by atoms with van der Waals surface area (Å²) in [7, 11) is 0. The van der Waals surface area contributed by atoms with Gasteiger partial charge in [-0.05, 0) is 28.1 Å². The molecule has 0 atom stereocenters. The largest absolute Gasteiger partial charge is 0.481 e. The predicted octanol–water partition coefficient (Wildman–Crippen LogP) is 2.11. The molecule has 1 N–H and O–H groups in total. The van der Waals surface area contributed by atoms with Crippen LogP contribution in [0.3, 0.4) is 0 Å². The van der Waals surface area contributed by atoms with Gasteiger partial charge in [0, 0.05) is 17.1 Å². The van der Waals surface area contributed by atoms with E-state index in [-0.39, 0.29) is 6.42 Å². The molecular formula is C10H9BrN2O2. The van der Waals surface area contributed by atoms with Crippen LogP contribution in [0.15, 0.2) is 29.1 Å². The van der Waals surface area contributed by atoms with Crippen molar-refractivity contribution in [2.45, 2.75) is 12.8 Å². The third-order valence-electron chi connectivity index (χ3n) is 2.15. The second-order valence-corrected chi connectivity index (χ2v) is 4.14. The van der Waals surface area contributed by atoms with Crippen LogP contribution in [0.5, 0.6) is 0 Å². The number of nitrogens with zero attached hydrogens (tertiary/aromatic N) is 2. The zero-order valence-electron chi connectivity index (χ0n) is 7.85. The molecule has 2 aromatic rings. The molecule has 0 spiro atoms. The first-order valence-corrected chi connectivity index (χ1v) is 5.29. The zero-order chi connectivity index (χ0) is 10.8. The Morgan fingerprint density at radius 1 is 1.53 bits per heavy atom. The molecule has 0 bridgehead atoms. The molecule has 5 heteroatoms. The van der Waals surface area contributed by atoms with Crippen molar-refractivity contribution in [1.29, 1.82) is 0 Å². The molecule has 2 rings (SSSR count). The highest BCUT2D eigenvalue weighted by atomic mass is 79.9. The third kappa shape index (κ3) is 2.18. The maximum Gasteiger partial charge on any atom is 0.303 e. The standard InChI is InChI=1S/C10H9BrN2O2/c11-7-1-3-9-8(2-4-10(14)15)12-6-13(9)5-7/h1,3,5-6H,2,4H2,(H,14,15). The van der Waals surface area contributed by atoms with E-state index in [2.05, 4.69) is 20.9 Å². The molecule has 2 aromatic heterocycles. The van der Waals surface area contributed by atoms with E-state index in [0.29, 0.717) is 6.42 Å². The fourth-order valence-corrected chi connectivity index (χ4v) is 1.80. The third-order valence-corrected chi connectivity index (χ3v) is 2.62. The van der Waals surface area contributed by atoms with E-state index in [9.17, 15) is 4.79 Å². The summed E-state index contributed by atoms with van der Waals surface area (Å²) in [5.74, 6) is -0.798. The first-order valence-electron chi connectivity index (χ1n) is 4.49. The van der Waals surface area contributed by atoms with Crippen molar-refractivity contribution < 1.29 is 9.90 Å². The second kappa shape index (κ2) is 4.02. The van der Waals surface area contributed by atoms with E-state index in [4.69, 9.17) is 5.11 Å². The van der Waals surface area contributed by atoms with Gasteiger partial charge in [0.25, 0.3) is 0 Å². The first kappa shape index (κ1) is 10.2. The van der Waals surface area contributed by atoms with Crippen LogP contribution in [0.25, 0.3) is 5.52 Å². The molecule has 0 aliphatic heterocycles. The lowest BCUT2D eigenvalue weighted by Gasteiger charge is -1.97. The number of fused-ring (bicyclic) bond motifs is 1. The molecule has 0 fully saturated rings. The number of carbonyl (C=O) groups is 1. The minimum Gasteiger partial charge on any atom is -0.481 e. The predicted molar refractivity (Wildman–Crippen MR) is 58.8 cm³/mol. The molecule has 15 heavy (non-hydrogen) atoms. The Labute approximate surface area is 94.7 Å². The number of aliphatic carboxylic acids is 1. The van der Waals surface area contributed by atoms with Crippen molar-refractivity contribution in [2.75, 3.05) is 0 Å². The first-order chi connectivity index (χ1) is 7.16. The molecule has 78 valence electrons. The topological polar surface area (TPSA) is 54.6 Å². The van der Waals surface area contributed by atoms with Gasteiger partial charge in [0.05, 0.1) is 24.0 Å². The summed E-state index contributed by atoms with van der Waals surface area (Å²) in [6.45, 7) is 0. The molecule has 0 saturated carbocycles. The second-order valence-electron chi connectivity index (χ2n) is 3.22. The summed E-state index contributed by atoms with van der Waals surface area (Å²) in [6, 6.07) is 3.84. The van der Waals surface area contributed by atoms with Crippen LogP contribution in [0.1, 0.15) is 12.1 Å². The molecule has 0 saturated heterocycles. The van der Waals surface area contributed by atoms with Crippen LogP contribution in [-0.4, -0.2) is 20.5 Å². The molecule has 0 aliphatic carbocycles. The van der Waals surface area contributed by atoms with Gasteiger partial charge in [-0.25, -0.2) is 4.98 Å². The van der Waals surface area contributed by atoms with Crippen molar-refractivity contribution in [3.63, 3.8) is 0 Å². The summed E-state index contributed by atoms with van der Waals surface area (Å²) < 4.78 is 2.85. The lowest BCUT2D eigenvalue weighted by atomic mass is 10.2. The summed E-state index contributed by atoms with van der Waals surface area (Å²) in [5.41, 5.74) is 1.78. The van der Waals surface area contributed by atoms with Crippen molar-refractivity contribution in [2.24, 2.45) is 0 Å². The number of pyridine rings is 1. The maximum absolute atomic E-state index is 10.4. The number of imidazole rings is 1. The number of aromatic nitrogens is 2. The van der Waals surface area contributed by atoms with Crippen molar-refractivity contribution >= 4 is 27.4 Å². The average Bonchev–Trinajstić information content (AvgIpc) is 2.57. The molecule has 0 aliphatic rings. The van der Waals surface area contributed by atoms with Gasteiger partial charge in [0.15, 0.2) is 0 Å². The summed E-state index contributed by atoms with van der Waals surface area (Å²) in [4.78, 5) is 14.6. The van der Waals surface area contributed by atoms with Gasteiger partial charge in [-0.3, -0.25) is 4.79 Å². The van der Waals surface area contributed by atoms with Gasteiger partial charge >= 0.3 is 5.97 Å². The number of halogens is 1. The van der Waals surface area contributed by atoms with Gasteiger partial charge in [-0.2, -0.15) is 0 Å². The summed E-state index contributed by atoms with van der Waals surface area (Å²) in [5, 5.41) is 8.59. The Bertz CT molecular complexity index is 507. The number of rotatable bonds is 3.